The van der Waals surface area contributed by atoms with Crippen LogP contribution in [0.15, 0.2) is 48.5 Å². The van der Waals surface area contributed by atoms with Gasteiger partial charge >= 0.3 is 0 Å². The van der Waals surface area contributed by atoms with Gasteiger partial charge in [0.1, 0.15) is 5.75 Å². The summed E-state index contributed by atoms with van der Waals surface area (Å²) in [5.74, 6) is 0.299. The molecule has 0 aliphatic heterocycles. The summed E-state index contributed by atoms with van der Waals surface area (Å²) < 4.78 is 5.16. The van der Waals surface area contributed by atoms with E-state index in [1.807, 2.05) is 18.2 Å². The van der Waals surface area contributed by atoms with Crippen LogP contribution in [0.5, 0.6) is 5.75 Å². The van der Waals surface area contributed by atoms with E-state index in [1.54, 1.807) is 30.3 Å². The van der Waals surface area contributed by atoms with Crippen LogP contribution in [0, 0.1) is 0 Å². The van der Waals surface area contributed by atoms with E-state index >= 15 is 0 Å². The van der Waals surface area contributed by atoms with Crippen LogP contribution in [0.1, 0.15) is 15.9 Å². The lowest BCUT2D eigenvalue weighted by atomic mass is 10.1. The third-order valence-corrected chi connectivity index (χ3v) is 3.33. The first-order valence-corrected chi connectivity index (χ1v) is 6.68. The van der Waals surface area contributed by atoms with Crippen molar-refractivity contribution >= 4 is 35.1 Å². The van der Waals surface area contributed by atoms with Gasteiger partial charge in [-0.3, -0.25) is 4.79 Å². The molecule has 0 spiro atoms. The summed E-state index contributed by atoms with van der Waals surface area (Å²) in [6.45, 7) is 0. The lowest BCUT2D eigenvalue weighted by molar-refractivity contribution is 0.104. The maximum atomic E-state index is 12.2. The van der Waals surface area contributed by atoms with Crippen molar-refractivity contribution in [3.63, 3.8) is 0 Å². The number of methoxy groups -OCH3 is 1. The van der Waals surface area contributed by atoms with E-state index in [0.29, 0.717) is 21.4 Å². The first kappa shape index (κ1) is 14.6. The van der Waals surface area contributed by atoms with Crippen LogP contribution in [0.25, 0.3) is 6.08 Å². The highest BCUT2D eigenvalue weighted by atomic mass is 35.5. The molecule has 0 N–H and O–H groups in total. The van der Waals surface area contributed by atoms with Crippen molar-refractivity contribution in [1.82, 2.24) is 0 Å². The van der Waals surface area contributed by atoms with Crippen molar-refractivity contribution in [1.29, 1.82) is 0 Å². The predicted octanol–water partition coefficient (Wildman–Crippen LogP) is 4.90. The highest BCUT2D eigenvalue weighted by molar-refractivity contribution is 6.32. The Morgan fingerprint density at radius 2 is 1.90 bits per heavy atom. The summed E-state index contributed by atoms with van der Waals surface area (Å²) in [5, 5.41) is 1.08. The van der Waals surface area contributed by atoms with Crippen LogP contribution >= 0.6 is 23.2 Å². The molecule has 4 heteroatoms. The smallest absolute Gasteiger partial charge is 0.189 e. The van der Waals surface area contributed by atoms with Crippen molar-refractivity contribution in [2.75, 3.05) is 7.11 Å². The summed E-state index contributed by atoms with van der Waals surface area (Å²) in [6, 6.07) is 12.2. The second-order valence-electron chi connectivity index (χ2n) is 4.06. The molecule has 2 nitrogen and oxygen atoms in total. The number of ketones is 1. The van der Waals surface area contributed by atoms with Gasteiger partial charge in [-0.1, -0.05) is 41.4 Å². The Kier molecular flexibility index (Phi) is 4.83. The summed E-state index contributed by atoms with van der Waals surface area (Å²) >= 11 is 11.9. The van der Waals surface area contributed by atoms with Crippen LogP contribution in [0.4, 0.5) is 0 Å². The minimum absolute atomic E-state index is 0.190. The monoisotopic (exact) mass is 306 g/mol. The Labute approximate surface area is 127 Å². The van der Waals surface area contributed by atoms with Gasteiger partial charge in [-0.25, -0.2) is 0 Å². The number of carbonyl (C=O) groups excluding carboxylic acids is 1. The normalized spacial score (nSPS) is 10.8. The molecule has 2 aromatic carbocycles. The third kappa shape index (κ3) is 3.41. The molecule has 0 amide bonds. The highest BCUT2D eigenvalue weighted by Crippen LogP contribution is 2.24. The summed E-state index contributed by atoms with van der Waals surface area (Å²) in [6.07, 6.45) is 3.13. The van der Waals surface area contributed by atoms with E-state index < -0.39 is 0 Å². The molecule has 0 bridgehead atoms. The minimum Gasteiger partial charge on any atom is -0.496 e. The first-order chi connectivity index (χ1) is 9.61. The van der Waals surface area contributed by atoms with Gasteiger partial charge in [0.2, 0.25) is 0 Å². The number of allylic oxidation sites excluding steroid dienone is 1. The average Bonchev–Trinajstić information content (AvgIpc) is 2.46. The molecule has 0 aliphatic carbocycles. The fourth-order valence-electron chi connectivity index (χ4n) is 1.74. The zero-order chi connectivity index (χ0) is 14.5. The molecule has 0 unspecified atom stereocenters. The third-order valence-electron chi connectivity index (χ3n) is 2.75. The number of rotatable bonds is 4. The molecule has 0 fully saturated rings. The first-order valence-electron chi connectivity index (χ1n) is 5.92. The van der Waals surface area contributed by atoms with Crippen LogP contribution in [0.2, 0.25) is 10.0 Å². The number of hydrogen-bond donors (Lipinski definition) is 0. The van der Waals surface area contributed by atoms with Gasteiger partial charge in [-0.15, -0.1) is 0 Å². The Morgan fingerprint density at radius 1 is 1.15 bits per heavy atom. The largest absolute Gasteiger partial charge is 0.496 e. The molecule has 0 aliphatic rings. The zero-order valence-electron chi connectivity index (χ0n) is 10.8. The quantitative estimate of drug-likeness (QED) is 0.593. The van der Waals surface area contributed by atoms with Crippen molar-refractivity contribution < 1.29 is 9.53 Å². The van der Waals surface area contributed by atoms with Crippen molar-refractivity contribution in [3.05, 3.63) is 69.7 Å². The van der Waals surface area contributed by atoms with E-state index in [9.17, 15) is 4.79 Å². The molecule has 2 aromatic rings. The Bertz CT molecular complexity index is 663. The zero-order valence-corrected chi connectivity index (χ0v) is 12.3. The summed E-state index contributed by atoms with van der Waals surface area (Å²) in [7, 11) is 1.51. The Balaban J connectivity index is 2.29. The molecule has 0 saturated carbocycles. The lowest BCUT2D eigenvalue weighted by Gasteiger charge is -2.05. The molecule has 0 radical (unpaired) electrons. The SMILES string of the molecule is COc1ccc(Cl)cc1C(=O)C=Cc1ccccc1Cl. The molecular formula is C16H12Cl2O2. The highest BCUT2D eigenvalue weighted by Gasteiger charge is 2.10. The van der Waals surface area contributed by atoms with Crippen LogP contribution in [0.3, 0.4) is 0 Å². The van der Waals surface area contributed by atoms with E-state index in [4.69, 9.17) is 27.9 Å². The second-order valence-corrected chi connectivity index (χ2v) is 4.91. The topological polar surface area (TPSA) is 26.3 Å². The Hall–Kier alpha value is -1.77. The standard InChI is InChI=1S/C16H12Cl2O2/c1-20-16-9-7-12(17)10-13(16)15(19)8-6-11-4-2-3-5-14(11)18/h2-10H,1H3. The maximum Gasteiger partial charge on any atom is 0.189 e. The molecule has 0 heterocycles. The minimum atomic E-state index is -0.190. The van der Waals surface area contributed by atoms with Gasteiger partial charge < -0.3 is 4.74 Å². The van der Waals surface area contributed by atoms with Gasteiger partial charge in [0.25, 0.3) is 0 Å². The molecular weight excluding hydrogens is 295 g/mol. The molecule has 0 aromatic heterocycles. The maximum absolute atomic E-state index is 12.2. The van der Waals surface area contributed by atoms with Gasteiger partial charge in [-0.2, -0.15) is 0 Å². The summed E-state index contributed by atoms with van der Waals surface area (Å²) in [4.78, 5) is 12.2. The average molecular weight is 307 g/mol. The Morgan fingerprint density at radius 3 is 2.60 bits per heavy atom. The van der Waals surface area contributed by atoms with Crippen LogP contribution in [-0.4, -0.2) is 12.9 Å². The van der Waals surface area contributed by atoms with Gasteiger partial charge in [0.15, 0.2) is 5.78 Å². The number of ether oxygens (including phenoxy) is 1. The number of carbonyl (C=O) groups is 1. The summed E-state index contributed by atoms with van der Waals surface area (Å²) in [5.41, 5.74) is 1.20. The second kappa shape index (κ2) is 6.60. The van der Waals surface area contributed by atoms with Gasteiger partial charge in [-0.05, 0) is 42.0 Å². The van der Waals surface area contributed by atoms with Crippen molar-refractivity contribution in [2.45, 2.75) is 0 Å². The van der Waals surface area contributed by atoms with Crippen LogP contribution < -0.4 is 4.74 Å². The van der Waals surface area contributed by atoms with E-state index in [0.717, 1.165) is 5.56 Å². The molecule has 102 valence electrons. The van der Waals surface area contributed by atoms with Crippen LogP contribution in [-0.2, 0) is 0 Å². The van der Waals surface area contributed by atoms with E-state index in [1.165, 1.54) is 13.2 Å². The van der Waals surface area contributed by atoms with Gasteiger partial charge in [0, 0.05) is 10.0 Å². The number of hydrogen-bond acceptors (Lipinski definition) is 2. The predicted molar refractivity (Wildman–Crippen MR) is 82.8 cm³/mol. The number of halogens is 2. The molecule has 2 rings (SSSR count). The molecule has 20 heavy (non-hydrogen) atoms. The van der Waals surface area contributed by atoms with Crippen molar-refractivity contribution in [2.24, 2.45) is 0 Å². The van der Waals surface area contributed by atoms with Crippen molar-refractivity contribution in [3.8, 4) is 5.75 Å². The van der Waals surface area contributed by atoms with E-state index in [-0.39, 0.29) is 5.78 Å². The van der Waals surface area contributed by atoms with E-state index in [2.05, 4.69) is 0 Å². The number of benzene rings is 2. The molecule has 0 atom stereocenters. The molecule has 0 saturated heterocycles. The lowest BCUT2D eigenvalue weighted by Crippen LogP contribution is -1.98. The fourth-order valence-corrected chi connectivity index (χ4v) is 2.11. The van der Waals surface area contributed by atoms with Gasteiger partial charge in [0.05, 0.1) is 12.7 Å². The fraction of sp³-hybridized carbons (Fsp3) is 0.0625.